The molecule has 7 heteroatoms. The van der Waals surface area contributed by atoms with Crippen molar-refractivity contribution in [2.45, 2.75) is 26.2 Å². The maximum absolute atomic E-state index is 12.5. The van der Waals surface area contributed by atoms with E-state index in [4.69, 9.17) is 0 Å². The quantitative estimate of drug-likeness (QED) is 0.886. The van der Waals surface area contributed by atoms with Gasteiger partial charge >= 0.3 is 5.69 Å². The Bertz CT molecular complexity index is 771. The summed E-state index contributed by atoms with van der Waals surface area (Å²) in [7, 11) is 0. The van der Waals surface area contributed by atoms with Crippen LogP contribution in [-0.2, 0) is 0 Å². The number of rotatable bonds is 2. The third kappa shape index (κ3) is 2.88. The van der Waals surface area contributed by atoms with Crippen molar-refractivity contribution in [3.05, 3.63) is 51.7 Å². The van der Waals surface area contributed by atoms with E-state index in [1.807, 2.05) is 13.0 Å². The topological polar surface area (TPSA) is 91.8 Å². The number of H-pyrrole nitrogens is 1. The van der Waals surface area contributed by atoms with Crippen LogP contribution in [0.15, 0.2) is 23.1 Å². The molecular weight excluding hydrogens is 282 g/mol. The summed E-state index contributed by atoms with van der Waals surface area (Å²) in [6.45, 7) is 4.82. The molecule has 0 saturated carbocycles. The van der Waals surface area contributed by atoms with E-state index in [1.165, 1.54) is 0 Å². The first kappa shape index (κ1) is 14.4. The summed E-state index contributed by atoms with van der Waals surface area (Å²) in [5.74, 6) is 0.682. The SMILES string of the molecule is Cc1ccnc(C2CCN(C(=O)c3cc(C)[nH]c(=O)n3)C2)n1. The van der Waals surface area contributed by atoms with E-state index in [0.29, 0.717) is 18.8 Å². The Kier molecular flexibility index (Phi) is 3.70. The van der Waals surface area contributed by atoms with Gasteiger partial charge in [0.15, 0.2) is 0 Å². The normalized spacial score (nSPS) is 17.7. The number of carbonyl (C=O) groups excluding carboxylic acids is 1. The molecule has 0 aliphatic carbocycles. The van der Waals surface area contributed by atoms with Gasteiger partial charge in [-0.25, -0.2) is 14.8 Å². The Balaban J connectivity index is 1.77. The lowest BCUT2D eigenvalue weighted by Gasteiger charge is -2.15. The number of aromatic nitrogens is 4. The number of aryl methyl sites for hydroxylation is 2. The van der Waals surface area contributed by atoms with Crippen LogP contribution in [0.1, 0.15) is 40.0 Å². The highest BCUT2D eigenvalue weighted by atomic mass is 16.2. The summed E-state index contributed by atoms with van der Waals surface area (Å²) < 4.78 is 0. The molecule has 3 heterocycles. The minimum absolute atomic E-state index is 0.131. The van der Waals surface area contributed by atoms with Gasteiger partial charge in [-0.3, -0.25) is 4.79 Å². The van der Waals surface area contributed by atoms with E-state index >= 15 is 0 Å². The Hall–Kier alpha value is -2.57. The van der Waals surface area contributed by atoms with Crippen LogP contribution in [0.3, 0.4) is 0 Å². The highest BCUT2D eigenvalue weighted by Crippen LogP contribution is 2.25. The van der Waals surface area contributed by atoms with Gasteiger partial charge in [-0.05, 0) is 32.4 Å². The zero-order valence-corrected chi connectivity index (χ0v) is 12.5. The molecule has 3 rings (SSSR count). The van der Waals surface area contributed by atoms with Crippen LogP contribution < -0.4 is 5.69 Å². The zero-order chi connectivity index (χ0) is 15.7. The first-order valence-corrected chi connectivity index (χ1v) is 7.20. The molecule has 0 bridgehead atoms. The predicted molar refractivity (Wildman–Crippen MR) is 79.6 cm³/mol. The number of hydrogen-bond donors (Lipinski definition) is 1. The van der Waals surface area contributed by atoms with Gasteiger partial charge in [0, 0.05) is 36.6 Å². The Morgan fingerprint density at radius 1 is 1.36 bits per heavy atom. The zero-order valence-electron chi connectivity index (χ0n) is 12.5. The number of likely N-dealkylation sites (tertiary alicyclic amines) is 1. The van der Waals surface area contributed by atoms with E-state index in [-0.39, 0.29) is 17.5 Å². The lowest BCUT2D eigenvalue weighted by Crippen LogP contribution is -2.31. The maximum atomic E-state index is 12.5. The lowest BCUT2D eigenvalue weighted by atomic mass is 10.1. The highest BCUT2D eigenvalue weighted by molar-refractivity contribution is 5.92. The van der Waals surface area contributed by atoms with Crippen molar-refractivity contribution in [2.75, 3.05) is 13.1 Å². The fraction of sp³-hybridized carbons (Fsp3) is 0.400. The molecule has 1 unspecified atom stereocenters. The summed E-state index contributed by atoms with van der Waals surface area (Å²) in [5, 5.41) is 0. The summed E-state index contributed by atoms with van der Waals surface area (Å²) in [6.07, 6.45) is 2.56. The average Bonchev–Trinajstić information content (AvgIpc) is 2.95. The smallest absolute Gasteiger partial charge is 0.337 e. The van der Waals surface area contributed by atoms with E-state index in [2.05, 4.69) is 19.9 Å². The molecule has 2 aromatic rings. The first-order chi connectivity index (χ1) is 10.5. The molecular formula is C15H17N5O2. The molecule has 0 radical (unpaired) electrons. The first-order valence-electron chi connectivity index (χ1n) is 7.20. The number of nitrogens with one attached hydrogen (secondary N) is 1. The van der Waals surface area contributed by atoms with Gasteiger partial charge in [0.25, 0.3) is 5.91 Å². The third-order valence-electron chi connectivity index (χ3n) is 3.75. The number of carbonyl (C=O) groups is 1. The molecule has 1 N–H and O–H groups in total. The van der Waals surface area contributed by atoms with Crippen molar-refractivity contribution in [1.82, 2.24) is 24.8 Å². The second kappa shape index (κ2) is 5.67. The highest BCUT2D eigenvalue weighted by Gasteiger charge is 2.30. The Morgan fingerprint density at radius 3 is 2.91 bits per heavy atom. The molecule has 1 aliphatic heterocycles. The van der Waals surface area contributed by atoms with Crippen molar-refractivity contribution < 1.29 is 4.79 Å². The molecule has 1 fully saturated rings. The van der Waals surface area contributed by atoms with Crippen LogP contribution in [0.25, 0.3) is 0 Å². The van der Waals surface area contributed by atoms with Gasteiger partial charge in [-0.1, -0.05) is 0 Å². The van der Waals surface area contributed by atoms with Crippen molar-refractivity contribution in [3.63, 3.8) is 0 Å². The van der Waals surface area contributed by atoms with Gasteiger partial charge < -0.3 is 9.88 Å². The number of hydrogen-bond acceptors (Lipinski definition) is 5. The molecule has 1 atom stereocenters. The third-order valence-corrected chi connectivity index (χ3v) is 3.75. The van der Waals surface area contributed by atoms with Crippen molar-refractivity contribution in [1.29, 1.82) is 0 Å². The van der Waals surface area contributed by atoms with E-state index in [9.17, 15) is 9.59 Å². The monoisotopic (exact) mass is 299 g/mol. The molecule has 0 aromatic carbocycles. The van der Waals surface area contributed by atoms with E-state index in [0.717, 1.165) is 17.9 Å². The minimum atomic E-state index is -0.499. The van der Waals surface area contributed by atoms with Gasteiger partial charge in [-0.15, -0.1) is 0 Å². The van der Waals surface area contributed by atoms with Crippen LogP contribution in [0.2, 0.25) is 0 Å². The van der Waals surface area contributed by atoms with Gasteiger partial charge in [0.2, 0.25) is 0 Å². The number of aromatic amines is 1. The molecule has 7 nitrogen and oxygen atoms in total. The van der Waals surface area contributed by atoms with Crippen molar-refractivity contribution in [2.24, 2.45) is 0 Å². The summed E-state index contributed by atoms with van der Waals surface area (Å²) in [6, 6.07) is 3.45. The Labute approximate surface area is 127 Å². The van der Waals surface area contributed by atoms with Crippen molar-refractivity contribution >= 4 is 5.91 Å². The summed E-state index contributed by atoms with van der Waals surface area (Å²) in [5.41, 5.74) is 1.23. The van der Waals surface area contributed by atoms with Gasteiger partial charge in [0.05, 0.1) is 0 Å². The molecule has 22 heavy (non-hydrogen) atoms. The van der Waals surface area contributed by atoms with Crippen LogP contribution in [-0.4, -0.2) is 43.8 Å². The maximum Gasteiger partial charge on any atom is 0.345 e. The van der Waals surface area contributed by atoms with Gasteiger partial charge in [-0.2, -0.15) is 4.98 Å². The molecule has 1 aliphatic rings. The molecule has 0 spiro atoms. The Morgan fingerprint density at radius 2 is 2.18 bits per heavy atom. The number of nitrogens with zero attached hydrogens (tertiary/aromatic N) is 4. The van der Waals surface area contributed by atoms with Crippen LogP contribution >= 0.6 is 0 Å². The molecule has 114 valence electrons. The fourth-order valence-electron chi connectivity index (χ4n) is 2.67. The predicted octanol–water partition coefficient (Wildman–Crippen LogP) is 0.806. The summed E-state index contributed by atoms with van der Waals surface area (Å²) in [4.78, 5) is 40.6. The molecule has 1 saturated heterocycles. The fourth-order valence-corrected chi connectivity index (χ4v) is 2.67. The average molecular weight is 299 g/mol. The standard InChI is InChI=1S/C15H17N5O2/c1-9-3-5-16-13(17-9)11-4-6-20(8-11)14(21)12-7-10(2)18-15(22)19-12/h3,5,7,11H,4,6,8H2,1-2H3,(H,18,19,22). The van der Waals surface area contributed by atoms with Crippen molar-refractivity contribution in [3.8, 4) is 0 Å². The lowest BCUT2D eigenvalue weighted by molar-refractivity contribution is 0.0784. The van der Waals surface area contributed by atoms with E-state index < -0.39 is 5.69 Å². The largest absolute Gasteiger partial charge is 0.345 e. The van der Waals surface area contributed by atoms with Gasteiger partial charge in [0.1, 0.15) is 11.5 Å². The minimum Gasteiger partial charge on any atom is -0.337 e. The second-order valence-corrected chi connectivity index (χ2v) is 5.55. The van der Waals surface area contributed by atoms with Crippen LogP contribution in [0.5, 0.6) is 0 Å². The molecule has 2 aromatic heterocycles. The second-order valence-electron chi connectivity index (χ2n) is 5.55. The number of amides is 1. The van der Waals surface area contributed by atoms with Crippen LogP contribution in [0, 0.1) is 13.8 Å². The summed E-state index contributed by atoms with van der Waals surface area (Å²) >= 11 is 0. The van der Waals surface area contributed by atoms with Crippen LogP contribution in [0.4, 0.5) is 0 Å². The van der Waals surface area contributed by atoms with E-state index in [1.54, 1.807) is 24.1 Å². The molecule has 1 amide bonds.